The number of methoxy groups -OCH3 is 1. The Morgan fingerprint density at radius 2 is 1.95 bits per heavy atom. The van der Waals surface area contributed by atoms with Gasteiger partial charge in [0.1, 0.15) is 0 Å². The van der Waals surface area contributed by atoms with Gasteiger partial charge in [0.15, 0.2) is 0 Å². The molecule has 0 heterocycles. The molecule has 0 saturated carbocycles. The number of rotatable bonds is 7. The SMILES string of the molecule is COCCNC(=O)CNc1cccc(C(=O)NC(C)(C)C)c1. The van der Waals surface area contributed by atoms with E-state index in [2.05, 4.69) is 16.0 Å². The highest BCUT2D eigenvalue weighted by atomic mass is 16.5. The first-order valence-corrected chi connectivity index (χ1v) is 7.24. The summed E-state index contributed by atoms with van der Waals surface area (Å²) in [5.74, 6) is -0.262. The van der Waals surface area contributed by atoms with E-state index in [0.29, 0.717) is 18.7 Å². The summed E-state index contributed by atoms with van der Waals surface area (Å²) in [6.07, 6.45) is 0. The standard InChI is InChI=1S/C16H25N3O3/c1-16(2,3)19-15(21)12-6-5-7-13(10-12)18-11-14(20)17-8-9-22-4/h5-7,10,18H,8-9,11H2,1-4H3,(H,17,20)(H,19,21). The van der Waals surface area contributed by atoms with Gasteiger partial charge in [0.2, 0.25) is 5.91 Å². The minimum Gasteiger partial charge on any atom is -0.383 e. The lowest BCUT2D eigenvalue weighted by Gasteiger charge is -2.20. The Kier molecular flexibility index (Phi) is 6.85. The first kappa shape index (κ1) is 18.0. The monoisotopic (exact) mass is 307 g/mol. The van der Waals surface area contributed by atoms with Crippen LogP contribution in [0, 0.1) is 0 Å². The van der Waals surface area contributed by atoms with Gasteiger partial charge >= 0.3 is 0 Å². The van der Waals surface area contributed by atoms with E-state index in [1.54, 1.807) is 25.3 Å². The lowest BCUT2D eigenvalue weighted by Crippen LogP contribution is -2.40. The Labute approximate surface area is 131 Å². The largest absolute Gasteiger partial charge is 0.383 e. The van der Waals surface area contributed by atoms with Crippen molar-refractivity contribution >= 4 is 17.5 Å². The molecule has 1 aromatic rings. The molecule has 0 aliphatic carbocycles. The fraction of sp³-hybridized carbons (Fsp3) is 0.500. The van der Waals surface area contributed by atoms with Crippen molar-refractivity contribution in [2.24, 2.45) is 0 Å². The van der Waals surface area contributed by atoms with Crippen LogP contribution in [-0.2, 0) is 9.53 Å². The average molecular weight is 307 g/mol. The molecular weight excluding hydrogens is 282 g/mol. The highest BCUT2D eigenvalue weighted by Crippen LogP contribution is 2.11. The van der Waals surface area contributed by atoms with E-state index in [9.17, 15) is 9.59 Å². The molecule has 0 atom stereocenters. The van der Waals surface area contributed by atoms with Crippen molar-refractivity contribution in [3.05, 3.63) is 29.8 Å². The molecule has 1 rings (SSSR count). The van der Waals surface area contributed by atoms with Crippen molar-refractivity contribution in [2.45, 2.75) is 26.3 Å². The third kappa shape index (κ3) is 7.08. The van der Waals surface area contributed by atoms with Gasteiger partial charge in [-0.05, 0) is 39.0 Å². The van der Waals surface area contributed by atoms with E-state index in [1.165, 1.54) is 0 Å². The van der Waals surface area contributed by atoms with Crippen molar-refractivity contribution in [3.8, 4) is 0 Å². The summed E-state index contributed by atoms with van der Waals surface area (Å²) < 4.78 is 4.86. The average Bonchev–Trinajstić information content (AvgIpc) is 2.44. The van der Waals surface area contributed by atoms with E-state index >= 15 is 0 Å². The van der Waals surface area contributed by atoms with Gasteiger partial charge in [0.05, 0.1) is 13.2 Å². The van der Waals surface area contributed by atoms with Gasteiger partial charge in [-0.3, -0.25) is 9.59 Å². The zero-order valence-corrected chi connectivity index (χ0v) is 13.7. The number of ether oxygens (including phenoxy) is 1. The van der Waals surface area contributed by atoms with Crippen LogP contribution in [-0.4, -0.2) is 44.2 Å². The number of nitrogens with one attached hydrogen (secondary N) is 3. The predicted octanol–water partition coefficient (Wildman–Crippen LogP) is 1.39. The molecule has 6 heteroatoms. The van der Waals surface area contributed by atoms with Crippen molar-refractivity contribution in [1.29, 1.82) is 0 Å². The summed E-state index contributed by atoms with van der Waals surface area (Å²) in [5.41, 5.74) is 0.991. The van der Waals surface area contributed by atoms with E-state index in [0.717, 1.165) is 5.69 Å². The Bertz CT molecular complexity index is 510. The quantitative estimate of drug-likeness (QED) is 0.665. The second-order valence-corrected chi connectivity index (χ2v) is 5.98. The molecule has 1 aromatic carbocycles. The van der Waals surface area contributed by atoms with E-state index in [4.69, 9.17) is 4.74 Å². The van der Waals surface area contributed by atoms with Gasteiger partial charge in [-0.2, -0.15) is 0 Å². The van der Waals surface area contributed by atoms with Gasteiger partial charge in [0, 0.05) is 30.4 Å². The van der Waals surface area contributed by atoms with Gasteiger partial charge in [-0.25, -0.2) is 0 Å². The third-order valence-corrected chi connectivity index (χ3v) is 2.69. The molecule has 0 bridgehead atoms. The van der Waals surface area contributed by atoms with Crippen LogP contribution in [0.15, 0.2) is 24.3 Å². The van der Waals surface area contributed by atoms with Crippen molar-refractivity contribution in [1.82, 2.24) is 10.6 Å². The van der Waals surface area contributed by atoms with Crippen LogP contribution in [0.3, 0.4) is 0 Å². The Balaban J connectivity index is 2.54. The normalized spacial score (nSPS) is 10.9. The lowest BCUT2D eigenvalue weighted by atomic mass is 10.1. The highest BCUT2D eigenvalue weighted by Gasteiger charge is 2.15. The van der Waals surface area contributed by atoms with Crippen LogP contribution in [0.4, 0.5) is 5.69 Å². The first-order valence-electron chi connectivity index (χ1n) is 7.24. The van der Waals surface area contributed by atoms with Gasteiger partial charge < -0.3 is 20.7 Å². The molecule has 0 unspecified atom stereocenters. The van der Waals surface area contributed by atoms with Crippen molar-refractivity contribution in [3.63, 3.8) is 0 Å². The molecule has 6 nitrogen and oxygen atoms in total. The zero-order chi connectivity index (χ0) is 16.6. The number of carbonyl (C=O) groups is 2. The minimum atomic E-state index is -0.290. The number of hydrogen-bond acceptors (Lipinski definition) is 4. The van der Waals surface area contributed by atoms with E-state index in [1.807, 2.05) is 26.8 Å². The Hall–Kier alpha value is -2.08. The predicted molar refractivity (Wildman–Crippen MR) is 87.0 cm³/mol. The first-order chi connectivity index (χ1) is 10.3. The number of benzene rings is 1. The minimum absolute atomic E-state index is 0.124. The van der Waals surface area contributed by atoms with Crippen LogP contribution in [0.2, 0.25) is 0 Å². The van der Waals surface area contributed by atoms with Gasteiger partial charge in [0.25, 0.3) is 5.91 Å². The molecule has 0 spiro atoms. The second kappa shape index (κ2) is 8.38. The van der Waals surface area contributed by atoms with Gasteiger partial charge in [-0.1, -0.05) is 6.07 Å². The molecule has 0 saturated heterocycles. The van der Waals surface area contributed by atoms with Crippen LogP contribution in [0.25, 0.3) is 0 Å². The summed E-state index contributed by atoms with van der Waals surface area (Å²) in [5, 5.41) is 8.62. The van der Waals surface area contributed by atoms with E-state index < -0.39 is 0 Å². The number of amides is 2. The summed E-state index contributed by atoms with van der Waals surface area (Å²) in [6.45, 7) is 6.89. The van der Waals surface area contributed by atoms with Crippen LogP contribution in [0.5, 0.6) is 0 Å². The molecule has 22 heavy (non-hydrogen) atoms. The number of carbonyl (C=O) groups excluding carboxylic acids is 2. The maximum absolute atomic E-state index is 12.1. The molecule has 122 valence electrons. The van der Waals surface area contributed by atoms with Crippen LogP contribution in [0.1, 0.15) is 31.1 Å². The maximum Gasteiger partial charge on any atom is 0.251 e. The van der Waals surface area contributed by atoms with Gasteiger partial charge in [-0.15, -0.1) is 0 Å². The molecule has 0 radical (unpaired) electrons. The van der Waals surface area contributed by atoms with Crippen molar-refractivity contribution in [2.75, 3.05) is 32.1 Å². The molecule has 0 aliphatic rings. The molecule has 0 fully saturated rings. The molecular formula is C16H25N3O3. The third-order valence-electron chi connectivity index (χ3n) is 2.69. The maximum atomic E-state index is 12.1. The highest BCUT2D eigenvalue weighted by molar-refractivity contribution is 5.95. The van der Waals surface area contributed by atoms with Crippen LogP contribution >= 0.6 is 0 Å². The molecule has 0 aromatic heterocycles. The molecule has 3 N–H and O–H groups in total. The molecule has 2 amide bonds. The summed E-state index contributed by atoms with van der Waals surface area (Å²) in [7, 11) is 1.58. The van der Waals surface area contributed by atoms with Crippen molar-refractivity contribution < 1.29 is 14.3 Å². The summed E-state index contributed by atoms with van der Waals surface area (Å²) in [4.78, 5) is 23.7. The second-order valence-electron chi connectivity index (χ2n) is 5.98. The Morgan fingerprint density at radius 1 is 1.23 bits per heavy atom. The number of hydrogen-bond donors (Lipinski definition) is 3. The zero-order valence-electron chi connectivity index (χ0n) is 13.7. The Morgan fingerprint density at radius 3 is 2.59 bits per heavy atom. The fourth-order valence-electron chi connectivity index (χ4n) is 1.72. The number of anilines is 1. The lowest BCUT2D eigenvalue weighted by molar-refractivity contribution is -0.119. The summed E-state index contributed by atoms with van der Waals surface area (Å²) in [6, 6.07) is 7.06. The van der Waals surface area contributed by atoms with E-state index in [-0.39, 0.29) is 23.9 Å². The fourth-order valence-corrected chi connectivity index (χ4v) is 1.72. The smallest absolute Gasteiger partial charge is 0.251 e. The van der Waals surface area contributed by atoms with Crippen LogP contribution < -0.4 is 16.0 Å². The molecule has 0 aliphatic heterocycles. The summed E-state index contributed by atoms with van der Waals surface area (Å²) >= 11 is 0. The topological polar surface area (TPSA) is 79.5 Å².